The second kappa shape index (κ2) is 5.97. The smallest absolute Gasteiger partial charge is 0.0377 e. The van der Waals surface area contributed by atoms with Crippen LogP contribution in [0.5, 0.6) is 0 Å². The zero-order chi connectivity index (χ0) is 10.4. The zero-order valence-corrected chi connectivity index (χ0v) is 9.93. The first-order valence-corrected chi connectivity index (χ1v) is 5.76. The Kier molecular flexibility index (Phi) is 4.88. The molecule has 0 heterocycles. The van der Waals surface area contributed by atoms with Crippen molar-refractivity contribution in [2.45, 2.75) is 31.6 Å². The molecule has 14 heavy (non-hydrogen) atoms. The van der Waals surface area contributed by atoms with Crippen molar-refractivity contribution < 1.29 is 0 Å². The van der Waals surface area contributed by atoms with Crippen LogP contribution >= 0.6 is 12.6 Å². The fourth-order valence-electron chi connectivity index (χ4n) is 1.60. The molecule has 0 aliphatic heterocycles. The number of rotatable bonds is 5. The number of benzene rings is 1. The summed E-state index contributed by atoms with van der Waals surface area (Å²) in [5.41, 5.74) is 1.29. The van der Waals surface area contributed by atoms with Gasteiger partial charge in [-0.2, -0.15) is 0 Å². The molecule has 0 unspecified atom stereocenters. The Morgan fingerprint density at radius 1 is 1.14 bits per heavy atom. The molecule has 1 aromatic rings. The van der Waals surface area contributed by atoms with E-state index in [4.69, 9.17) is 0 Å². The van der Waals surface area contributed by atoms with E-state index in [2.05, 4.69) is 49.6 Å². The maximum absolute atomic E-state index is 4.36. The summed E-state index contributed by atoms with van der Waals surface area (Å²) in [6, 6.07) is 8.37. The Bertz CT molecular complexity index is 267. The first kappa shape index (κ1) is 11.4. The van der Waals surface area contributed by atoms with Gasteiger partial charge in [-0.05, 0) is 31.0 Å². The molecule has 0 saturated heterocycles. The van der Waals surface area contributed by atoms with Crippen molar-refractivity contribution in [3.63, 3.8) is 0 Å². The molecule has 0 aliphatic rings. The van der Waals surface area contributed by atoms with Crippen LogP contribution in [0.1, 0.15) is 26.7 Å². The molecule has 1 rings (SSSR count). The quantitative estimate of drug-likeness (QED) is 0.725. The van der Waals surface area contributed by atoms with E-state index in [1.165, 1.54) is 18.5 Å². The SMILES string of the molecule is CCCN(CCC)c1cccc(S)c1. The molecule has 2 heteroatoms. The highest BCUT2D eigenvalue weighted by molar-refractivity contribution is 7.80. The lowest BCUT2D eigenvalue weighted by atomic mass is 10.2. The van der Waals surface area contributed by atoms with Gasteiger partial charge >= 0.3 is 0 Å². The second-order valence-corrected chi connectivity index (χ2v) is 4.02. The van der Waals surface area contributed by atoms with Crippen molar-refractivity contribution in [1.29, 1.82) is 0 Å². The topological polar surface area (TPSA) is 3.24 Å². The average molecular weight is 209 g/mol. The van der Waals surface area contributed by atoms with Crippen LogP contribution in [0.2, 0.25) is 0 Å². The van der Waals surface area contributed by atoms with E-state index in [9.17, 15) is 0 Å². The summed E-state index contributed by atoms with van der Waals surface area (Å²) in [4.78, 5) is 3.46. The number of thiol groups is 1. The summed E-state index contributed by atoms with van der Waals surface area (Å²) >= 11 is 4.36. The lowest BCUT2D eigenvalue weighted by Crippen LogP contribution is -2.24. The third-order valence-electron chi connectivity index (χ3n) is 2.18. The van der Waals surface area contributed by atoms with Crippen LogP contribution < -0.4 is 4.90 Å². The number of anilines is 1. The lowest BCUT2D eigenvalue weighted by Gasteiger charge is -2.23. The first-order chi connectivity index (χ1) is 6.77. The van der Waals surface area contributed by atoms with Gasteiger partial charge in [0, 0.05) is 23.7 Å². The molecule has 0 atom stereocenters. The molecule has 0 aliphatic carbocycles. The van der Waals surface area contributed by atoms with E-state index in [1.807, 2.05) is 6.07 Å². The van der Waals surface area contributed by atoms with E-state index in [0.717, 1.165) is 18.0 Å². The maximum atomic E-state index is 4.36. The number of hydrogen-bond acceptors (Lipinski definition) is 2. The minimum Gasteiger partial charge on any atom is -0.372 e. The Labute approximate surface area is 92.5 Å². The fourth-order valence-corrected chi connectivity index (χ4v) is 1.82. The number of nitrogens with zero attached hydrogens (tertiary/aromatic N) is 1. The van der Waals surface area contributed by atoms with Crippen LogP contribution in [0.3, 0.4) is 0 Å². The Morgan fingerprint density at radius 2 is 1.79 bits per heavy atom. The van der Waals surface area contributed by atoms with Crippen LogP contribution in [0, 0.1) is 0 Å². The van der Waals surface area contributed by atoms with Crippen LogP contribution in [0.25, 0.3) is 0 Å². The van der Waals surface area contributed by atoms with Crippen molar-refractivity contribution in [2.75, 3.05) is 18.0 Å². The molecule has 0 radical (unpaired) electrons. The van der Waals surface area contributed by atoms with Crippen LogP contribution in [0.15, 0.2) is 29.2 Å². The Balaban J connectivity index is 2.75. The molecule has 0 spiro atoms. The highest BCUT2D eigenvalue weighted by atomic mass is 32.1. The molecule has 0 bridgehead atoms. The average Bonchev–Trinajstić information content (AvgIpc) is 2.17. The summed E-state index contributed by atoms with van der Waals surface area (Å²) in [7, 11) is 0. The van der Waals surface area contributed by atoms with E-state index >= 15 is 0 Å². The highest BCUT2D eigenvalue weighted by Gasteiger charge is 2.03. The molecular formula is C12H19NS. The summed E-state index contributed by atoms with van der Waals surface area (Å²) in [6.45, 7) is 6.69. The van der Waals surface area contributed by atoms with Gasteiger partial charge in [0.2, 0.25) is 0 Å². The van der Waals surface area contributed by atoms with Gasteiger partial charge < -0.3 is 4.90 Å². The molecule has 0 amide bonds. The van der Waals surface area contributed by atoms with Gasteiger partial charge in [0.1, 0.15) is 0 Å². The molecule has 0 fully saturated rings. The maximum Gasteiger partial charge on any atom is 0.0377 e. The highest BCUT2D eigenvalue weighted by Crippen LogP contribution is 2.18. The lowest BCUT2D eigenvalue weighted by molar-refractivity contribution is 0.744. The molecule has 0 saturated carbocycles. The van der Waals surface area contributed by atoms with Gasteiger partial charge in [0.05, 0.1) is 0 Å². The molecule has 1 nitrogen and oxygen atoms in total. The van der Waals surface area contributed by atoms with Crippen molar-refractivity contribution in [1.82, 2.24) is 0 Å². The minimum absolute atomic E-state index is 1.04. The van der Waals surface area contributed by atoms with Crippen LogP contribution in [-0.4, -0.2) is 13.1 Å². The summed E-state index contributed by atoms with van der Waals surface area (Å²) in [6.07, 6.45) is 2.38. The van der Waals surface area contributed by atoms with E-state index in [0.29, 0.717) is 0 Å². The predicted octanol–water partition coefficient (Wildman–Crippen LogP) is 3.60. The second-order valence-electron chi connectivity index (χ2n) is 3.51. The van der Waals surface area contributed by atoms with Gasteiger partial charge in [-0.3, -0.25) is 0 Å². The van der Waals surface area contributed by atoms with Crippen LogP contribution in [0.4, 0.5) is 5.69 Å². The normalized spacial score (nSPS) is 10.2. The van der Waals surface area contributed by atoms with Crippen LogP contribution in [-0.2, 0) is 0 Å². The predicted molar refractivity (Wildman–Crippen MR) is 66.5 cm³/mol. The largest absolute Gasteiger partial charge is 0.372 e. The number of hydrogen-bond donors (Lipinski definition) is 1. The third kappa shape index (κ3) is 3.26. The van der Waals surface area contributed by atoms with Gasteiger partial charge in [-0.25, -0.2) is 0 Å². The molecule has 1 aromatic carbocycles. The summed E-state index contributed by atoms with van der Waals surface area (Å²) in [5.74, 6) is 0. The standard InChI is InChI=1S/C12H19NS/c1-3-8-13(9-4-2)11-6-5-7-12(14)10-11/h5-7,10,14H,3-4,8-9H2,1-2H3. The third-order valence-corrected chi connectivity index (χ3v) is 2.46. The van der Waals surface area contributed by atoms with E-state index in [-0.39, 0.29) is 0 Å². The molecule has 0 aromatic heterocycles. The monoisotopic (exact) mass is 209 g/mol. The van der Waals surface area contributed by atoms with Crippen molar-refractivity contribution >= 4 is 18.3 Å². The van der Waals surface area contributed by atoms with Crippen molar-refractivity contribution in [3.8, 4) is 0 Å². The van der Waals surface area contributed by atoms with Crippen molar-refractivity contribution in [2.24, 2.45) is 0 Å². The molecule has 78 valence electrons. The fraction of sp³-hybridized carbons (Fsp3) is 0.500. The Morgan fingerprint density at radius 3 is 2.29 bits per heavy atom. The van der Waals surface area contributed by atoms with Gasteiger partial charge in [0.25, 0.3) is 0 Å². The summed E-state index contributed by atoms with van der Waals surface area (Å²) < 4.78 is 0. The van der Waals surface area contributed by atoms with Gasteiger partial charge in [0.15, 0.2) is 0 Å². The molecular weight excluding hydrogens is 190 g/mol. The summed E-state index contributed by atoms with van der Waals surface area (Å²) in [5, 5.41) is 0. The Hall–Kier alpha value is -0.630. The zero-order valence-electron chi connectivity index (χ0n) is 9.03. The van der Waals surface area contributed by atoms with Crippen molar-refractivity contribution in [3.05, 3.63) is 24.3 Å². The van der Waals surface area contributed by atoms with E-state index in [1.54, 1.807) is 0 Å². The molecule has 0 N–H and O–H groups in total. The van der Waals surface area contributed by atoms with E-state index < -0.39 is 0 Å². The minimum atomic E-state index is 1.04. The van der Waals surface area contributed by atoms with Gasteiger partial charge in [-0.1, -0.05) is 19.9 Å². The van der Waals surface area contributed by atoms with Gasteiger partial charge in [-0.15, -0.1) is 12.6 Å². The first-order valence-electron chi connectivity index (χ1n) is 5.32.